The Balaban J connectivity index is 1.48. The van der Waals surface area contributed by atoms with Crippen molar-refractivity contribution in [3.63, 3.8) is 0 Å². The van der Waals surface area contributed by atoms with Crippen LogP contribution >= 0.6 is 0 Å². The van der Waals surface area contributed by atoms with Gasteiger partial charge >= 0.3 is 0 Å². The number of benzene rings is 1. The van der Waals surface area contributed by atoms with Gasteiger partial charge in [-0.3, -0.25) is 9.48 Å². The SMILES string of the molecule is Cn1cc2cc(CC(=O)c3cccc(-c4ccnc(N)c4)n3)c(C3CC3)cc2n1. The summed E-state index contributed by atoms with van der Waals surface area (Å²) in [6.45, 7) is 0. The number of aryl methyl sites for hydroxylation is 1. The van der Waals surface area contributed by atoms with Crippen molar-refractivity contribution in [2.75, 3.05) is 5.73 Å². The molecule has 3 aromatic heterocycles. The Morgan fingerprint density at radius 3 is 2.86 bits per heavy atom. The zero-order valence-corrected chi connectivity index (χ0v) is 16.2. The number of anilines is 1. The van der Waals surface area contributed by atoms with Gasteiger partial charge < -0.3 is 5.73 Å². The van der Waals surface area contributed by atoms with Crippen LogP contribution in [0.3, 0.4) is 0 Å². The molecule has 0 bridgehead atoms. The molecule has 144 valence electrons. The largest absolute Gasteiger partial charge is 0.384 e. The molecule has 1 aliphatic rings. The summed E-state index contributed by atoms with van der Waals surface area (Å²) in [6, 6.07) is 13.4. The standard InChI is InChI=1S/C23H21N5O/c1-28-13-17-9-16(18(14-5-6-14)12-21(17)27-28)10-22(29)20-4-2-3-19(26-20)15-7-8-25-23(24)11-15/h2-4,7-9,11-14H,5-6,10H2,1H3,(H2,24,25). The van der Waals surface area contributed by atoms with Crippen LogP contribution in [0.1, 0.15) is 40.4 Å². The van der Waals surface area contributed by atoms with Gasteiger partial charge in [-0.15, -0.1) is 0 Å². The summed E-state index contributed by atoms with van der Waals surface area (Å²) in [7, 11) is 1.92. The van der Waals surface area contributed by atoms with Crippen LogP contribution in [-0.2, 0) is 13.5 Å². The van der Waals surface area contributed by atoms with Crippen LogP contribution in [0.25, 0.3) is 22.2 Å². The highest BCUT2D eigenvalue weighted by atomic mass is 16.1. The van der Waals surface area contributed by atoms with Gasteiger partial charge in [0.2, 0.25) is 0 Å². The molecule has 6 heteroatoms. The van der Waals surface area contributed by atoms with Crippen LogP contribution in [0, 0.1) is 0 Å². The molecule has 1 aliphatic carbocycles. The number of carbonyl (C=O) groups excluding carboxylic acids is 1. The van der Waals surface area contributed by atoms with E-state index in [9.17, 15) is 4.79 Å². The van der Waals surface area contributed by atoms with E-state index in [0.717, 1.165) is 27.7 Å². The average Bonchev–Trinajstić information content (AvgIpc) is 3.49. The molecule has 5 rings (SSSR count). The lowest BCUT2D eigenvalue weighted by Crippen LogP contribution is -2.08. The molecule has 0 spiro atoms. The van der Waals surface area contributed by atoms with Crippen molar-refractivity contribution >= 4 is 22.5 Å². The normalized spacial score (nSPS) is 13.7. The van der Waals surface area contributed by atoms with Crippen molar-refractivity contribution in [3.8, 4) is 11.3 Å². The summed E-state index contributed by atoms with van der Waals surface area (Å²) in [5, 5.41) is 5.58. The van der Waals surface area contributed by atoms with Crippen LogP contribution in [0.15, 0.2) is 54.9 Å². The first-order chi connectivity index (χ1) is 14.1. The maximum atomic E-state index is 13.1. The fourth-order valence-corrected chi connectivity index (χ4v) is 3.81. The van der Waals surface area contributed by atoms with Crippen molar-refractivity contribution < 1.29 is 4.79 Å². The van der Waals surface area contributed by atoms with Crippen molar-refractivity contribution in [1.82, 2.24) is 19.7 Å². The third-order valence-electron chi connectivity index (χ3n) is 5.36. The quantitative estimate of drug-likeness (QED) is 0.528. The molecule has 6 nitrogen and oxygen atoms in total. The smallest absolute Gasteiger partial charge is 0.185 e. The third kappa shape index (κ3) is 3.49. The number of carbonyl (C=O) groups is 1. The highest BCUT2D eigenvalue weighted by Gasteiger charge is 2.27. The maximum absolute atomic E-state index is 13.1. The number of Topliss-reactive ketones (excluding diaryl/α,β-unsaturated/α-hetero) is 1. The summed E-state index contributed by atoms with van der Waals surface area (Å²) in [5.41, 5.74) is 11.1. The second kappa shape index (κ2) is 6.81. The lowest BCUT2D eigenvalue weighted by molar-refractivity contribution is 0.0988. The predicted molar refractivity (Wildman–Crippen MR) is 113 cm³/mol. The first-order valence-corrected chi connectivity index (χ1v) is 9.75. The minimum Gasteiger partial charge on any atom is -0.384 e. The zero-order chi connectivity index (χ0) is 20.0. The molecule has 4 aromatic rings. The van der Waals surface area contributed by atoms with Crippen LogP contribution in [-0.4, -0.2) is 25.5 Å². The van der Waals surface area contributed by atoms with E-state index in [4.69, 9.17) is 5.73 Å². The van der Waals surface area contributed by atoms with E-state index < -0.39 is 0 Å². The number of nitrogen functional groups attached to an aromatic ring is 1. The monoisotopic (exact) mass is 383 g/mol. The first kappa shape index (κ1) is 17.6. The summed E-state index contributed by atoms with van der Waals surface area (Å²) in [4.78, 5) is 21.7. The van der Waals surface area contributed by atoms with E-state index >= 15 is 0 Å². The zero-order valence-electron chi connectivity index (χ0n) is 16.2. The molecule has 2 N–H and O–H groups in total. The van der Waals surface area contributed by atoms with E-state index in [-0.39, 0.29) is 5.78 Å². The van der Waals surface area contributed by atoms with Crippen LogP contribution < -0.4 is 5.73 Å². The molecule has 0 radical (unpaired) electrons. The molecule has 1 saturated carbocycles. The first-order valence-electron chi connectivity index (χ1n) is 9.75. The fraction of sp³-hybridized carbons (Fsp3) is 0.217. The molecule has 1 aromatic carbocycles. The Labute approximate surface area is 168 Å². The highest BCUT2D eigenvalue weighted by molar-refractivity contribution is 5.97. The number of hydrogen-bond acceptors (Lipinski definition) is 5. The number of rotatable bonds is 5. The van der Waals surface area contributed by atoms with Crippen LogP contribution in [0.2, 0.25) is 0 Å². The molecule has 0 amide bonds. The van der Waals surface area contributed by atoms with Gasteiger partial charge in [0.25, 0.3) is 0 Å². The Kier molecular flexibility index (Phi) is 4.12. The van der Waals surface area contributed by atoms with Gasteiger partial charge in [-0.1, -0.05) is 6.07 Å². The minimum absolute atomic E-state index is 0.0130. The molecule has 3 heterocycles. The maximum Gasteiger partial charge on any atom is 0.185 e. The number of fused-ring (bicyclic) bond motifs is 1. The lowest BCUT2D eigenvalue weighted by atomic mass is 9.96. The second-order valence-electron chi connectivity index (χ2n) is 7.66. The van der Waals surface area contributed by atoms with E-state index in [2.05, 4.69) is 27.2 Å². The molecule has 0 saturated heterocycles. The second-order valence-corrected chi connectivity index (χ2v) is 7.66. The Morgan fingerprint density at radius 1 is 1.21 bits per heavy atom. The van der Waals surface area contributed by atoms with Crippen LogP contribution in [0.5, 0.6) is 0 Å². The van der Waals surface area contributed by atoms with E-state index in [1.807, 2.05) is 36.1 Å². The fourth-order valence-electron chi connectivity index (χ4n) is 3.81. The minimum atomic E-state index is 0.0130. The number of aromatic nitrogens is 4. The van der Waals surface area contributed by atoms with Gasteiger partial charge in [0.05, 0.1) is 11.2 Å². The van der Waals surface area contributed by atoms with Gasteiger partial charge in [-0.05, 0) is 66.3 Å². The van der Waals surface area contributed by atoms with Gasteiger partial charge in [-0.25, -0.2) is 9.97 Å². The van der Waals surface area contributed by atoms with Gasteiger partial charge in [0, 0.05) is 36.8 Å². The molecule has 0 aliphatic heterocycles. The molecule has 0 atom stereocenters. The van der Waals surface area contributed by atoms with E-state index in [0.29, 0.717) is 23.9 Å². The molecule has 0 unspecified atom stereocenters. The molecule has 29 heavy (non-hydrogen) atoms. The highest BCUT2D eigenvalue weighted by Crippen LogP contribution is 2.43. The van der Waals surface area contributed by atoms with E-state index in [1.54, 1.807) is 18.3 Å². The number of nitrogens with two attached hydrogens (primary N) is 1. The Bertz CT molecular complexity index is 1240. The predicted octanol–water partition coefficient (Wildman–Crippen LogP) is 3.92. The average molecular weight is 383 g/mol. The molecular formula is C23H21N5O. The number of ketones is 1. The summed E-state index contributed by atoms with van der Waals surface area (Å²) in [5.74, 6) is 0.988. The Hall–Kier alpha value is -3.54. The summed E-state index contributed by atoms with van der Waals surface area (Å²) in [6.07, 6.45) is 6.33. The van der Waals surface area contributed by atoms with Gasteiger partial charge in [0.1, 0.15) is 11.5 Å². The number of nitrogens with zero attached hydrogens (tertiary/aromatic N) is 4. The van der Waals surface area contributed by atoms with Crippen LogP contribution in [0.4, 0.5) is 5.82 Å². The molecular weight excluding hydrogens is 362 g/mol. The summed E-state index contributed by atoms with van der Waals surface area (Å²) < 4.78 is 1.82. The van der Waals surface area contributed by atoms with E-state index in [1.165, 1.54) is 18.4 Å². The van der Waals surface area contributed by atoms with Crippen molar-refractivity contribution in [3.05, 3.63) is 71.7 Å². The van der Waals surface area contributed by atoms with Crippen molar-refractivity contribution in [1.29, 1.82) is 0 Å². The third-order valence-corrected chi connectivity index (χ3v) is 5.36. The topological polar surface area (TPSA) is 86.7 Å². The van der Waals surface area contributed by atoms with Crippen molar-refractivity contribution in [2.45, 2.75) is 25.2 Å². The van der Waals surface area contributed by atoms with Crippen molar-refractivity contribution in [2.24, 2.45) is 7.05 Å². The molecule has 1 fully saturated rings. The number of pyridine rings is 2. The Morgan fingerprint density at radius 2 is 2.07 bits per heavy atom. The summed E-state index contributed by atoms with van der Waals surface area (Å²) >= 11 is 0. The van der Waals surface area contributed by atoms with Gasteiger partial charge in [0.15, 0.2) is 5.78 Å². The van der Waals surface area contributed by atoms with Gasteiger partial charge in [-0.2, -0.15) is 5.10 Å². The number of hydrogen-bond donors (Lipinski definition) is 1. The lowest BCUT2D eigenvalue weighted by Gasteiger charge is -2.09.